The predicted octanol–water partition coefficient (Wildman–Crippen LogP) is 1.91. The van der Waals surface area contributed by atoms with E-state index in [9.17, 15) is 21.6 Å². The summed E-state index contributed by atoms with van der Waals surface area (Å²) < 4.78 is 61.4. The Morgan fingerprint density at radius 1 is 1.35 bits per heavy atom. The smallest absolute Gasteiger partial charge is 0.398 e. The van der Waals surface area contributed by atoms with E-state index in [0.717, 1.165) is 6.07 Å². The lowest BCUT2D eigenvalue weighted by atomic mass is 10.1. The third-order valence-corrected chi connectivity index (χ3v) is 5.14. The molecule has 1 aromatic rings. The van der Waals surface area contributed by atoms with E-state index < -0.39 is 21.6 Å². The number of nitrogen functional groups attached to an aromatic ring is 1. The molecule has 1 heterocycles. The van der Waals surface area contributed by atoms with Crippen molar-refractivity contribution in [2.75, 3.05) is 28.7 Å². The molecule has 2 N–H and O–H groups in total. The van der Waals surface area contributed by atoms with Crippen molar-refractivity contribution in [1.29, 1.82) is 0 Å². The van der Waals surface area contributed by atoms with Crippen LogP contribution in [0, 0.1) is 0 Å². The van der Waals surface area contributed by atoms with Crippen LogP contribution in [0.5, 0.6) is 0 Å². The molecule has 20 heavy (non-hydrogen) atoms. The van der Waals surface area contributed by atoms with Gasteiger partial charge in [0.1, 0.15) is 0 Å². The van der Waals surface area contributed by atoms with Crippen LogP contribution in [0.3, 0.4) is 0 Å². The number of halogens is 3. The zero-order chi connectivity index (χ0) is 15.1. The maximum Gasteiger partial charge on any atom is 0.418 e. The van der Waals surface area contributed by atoms with Gasteiger partial charge in [-0.25, -0.2) is 8.42 Å². The van der Waals surface area contributed by atoms with Gasteiger partial charge in [-0.2, -0.15) is 13.2 Å². The van der Waals surface area contributed by atoms with Crippen molar-refractivity contribution in [1.82, 2.24) is 0 Å². The maximum absolute atomic E-state index is 12.8. The van der Waals surface area contributed by atoms with Crippen molar-refractivity contribution in [3.05, 3.63) is 23.8 Å². The SMILES string of the molecule is CC1CS(=O)(=O)CCN1c1ccc(N)c(C(F)(F)F)c1. The summed E-state index contributed by atoms with van der Waals surface area (Å²) in [4.78, 5) is 1.66. The van der Waals surface area contributed by atoms with Crippen molar-refractivity contribution in [3.63, 3.8) is 0 Å². The number of nitrogens with zero attached hydrogens (tertiary/aromatic N) is 1. The molecule has 1 fully saturated rings. The van der Waals surface area contributed by atoms with Gasteiger partial charge in [0.05, 0.1) is 17.1 Å². The van der Waals surface area contributed by atoms with Gasteiger partial charge >= 0.3 is 6.18 Å². The first-order valence-electron chi connectivity index (χ1n) is 6.04. The van der Waals surface area contributed by atoms with Crippen LogP contribution in [0.2, 0.25) is 0 Å². The minimum atomic E-state index is -4.52. The Balaban J connectivity index is 2.35. The fourth-order valence-electron chi connectivity index (χ4n) is 2.35. The highest BCUT2D eigenvalue weighted by Crippen LogP contribution is 2.36. The minimum Gasteiger partial charge on any atom is -0.398 e. The van der Waals surface area contributed by atoms with Gasteiger partial charge in [0, 0.05) is 24.0 Å². The Morgan fingerprint density at radius 2 is 2.00 bits per heavy atom. The van der Waals surface area contributed by atoms with Crippen LogP contribution in [-0.2, 0) is 16.0 Å². The van der Waals surface area contributed by atoms with Crippen molar-refractivity contribution in [2.45, 2.75) is 19.1 Å². The molecule has 0 amide bonds. The molecule has 0 radical (unpaired) electrons. The molecule has 1 aliphatic heterocycles. The zero-order valence-electron chi connectivity index (χ0n) is 10.8. The van der Waals surface area contributed by atoms with E-state index >= 15 is 0 Å². The van der Waals surface area contributed by atoms with Crippen molar-refractivity contribution >= 4 is 21.2 Å². The quantitative estimate of drug-likeness (QED) is 0.805. The number of hydrogen-bond donors (Lipinski definition) is 1. The van der Waals surface area contributed by atoms with E-state index in [1.54, 1.807) is 11.8 Å². The summed E-state index contributed by atoms with van der Waals surface area (Å²) in [7, 11) is -3.11. The molecule has 0 bridgehead atoms. The normalized spacial score (nSPS) is 22.8. The summed E-state index contributed by atoms with van der Waals surface area (Å²) in [5.41, 5.74) is 4.46. The average Bonchev–Trinajstić information content (AvgIpc) is 2.27. The molecule has 1 aromatic carbocycles. The molecule has 0 aliphatic carbocycles. The number of benzene rings is 1. The summed E-state index contributed by atoms with van der Waals surface area (Å²) in [6.07, 6.45) is -4.52. The topological polar surface area (TPSA) is 63.4 Å². The Labute approximate surface area is 115 Å². The van der Waals surface area contributed by atoms with Crippen LogP contribution in [0.1, 0.15) is 12.5 Å². The highest BCUT2D eigenvalue weighted by atomic mass is 32.2. The Bertz CT molecular complexity index is 614. The van der Waals surface area contributed by atoms with Gasteiger partial charge < -0.3 is 10.6 Å². The molecule has 8 heteroatoms. The summed E-state index contributed by atoms with van der Waals surface area (Å²) in [6, 6.07) is 3.30. The van der Waals surface area contributed by atoms with Gasteiger partial charge in [-0.3, -0.25) is 0 Å². The second-order valence-electron chi connectivity index (χ2n) is 4.93. The van der Waals surface area contributed by atoms with Crippen molar-refractivity contribution in [2.24, 2.45) is 0 Å². The number of sulfone groups is 1. The van der Waals surface area contributed by atoms with E-state index in [2.05, 4.69) is 0 Å². The van der Waals surface area contributed by atoms with Gasteiger partial charge in [-0.1, -0.05) is 0 Å². The number of anilines is 2. The lowest BCUT2D eigenvalue weighted by Gasteiger charge is -2.35. The summed E-state index contributed by atoms with van der Waals surface area (Å²) in [5.74, 6) is -0.109. The first-order valence-corrected chi connectivity index (χ1v) is 7.86. The van der Waals surface area contributed by atoms with E-state index in [1.807, 2.05) is 0 Å². The fourth-order valence-corrected chi connectivity index (χ4v) is 3.91. The average molecular weight is 308 g/mol. The molecule has 1 atom stereocenters. The summed E-state index contributed by atoms with van der Waals surface area (Å²) in [6.45, 7) is 1.87. The molecule has 0 aromatic heterocycles. The Hall–Kier alpha value is -1.44. The Morgan fingerprint density at radius 3 is 2.55 bits per heavy atom. The molecule has 2 rings (SSSR count). The van der Waals surface area contributed by atoms with Crippen LogP contribution >= 0.6 is 0 Å². The van der Waals surface area contributed by atoms with E-state index in [-0.39, 0.29) is 29.8 Å². The zero-order valence-corrected chi connectivity index (χ0v) is 11.6. The van der Waals surface area contributed by atoms with Crippen LogP contribution in [-0.4, -0.2) is 32.5 Å². The van der Waals surface area contributed by atoms with Crippen LogP contribution in [0.15, 0.2) is 18.2 Å². The largest absolute Gasteiger partial charge is 0.418 e. The summed E-state index contributed by atoms with van der Waals surface area (Å²) >= 11 is 0. The number of rotatable bonds is 1. The van der Waals surface area contributed by atoms with Gasteiger partial charge in [-0.15, -0.1) is 0 Å². The molecular weight excluding hydrogens is 293 g/mol. The molecule has 1 aliphatic rings. The molecule has 112 valence electrons. The highest BCUT2D eigenvalue weighted by Gasteiger charge is 2.35. The van der Waals surface area contributed by atoms with Gasteiger partial charge in [0.25, 0.3) is 0 Å². The lowest BCUT2D eigenvalue weighted by molar-refractivity contribution is -0.136. The molecule has 0 spiro atoms. The molecule has 0 saturated carbocycles. The van der Waals surface area contributed by atoms with Gasteiger partial charge in [0.2, 0.25) is 0 Å². The number of nitrogens with two attached hydrogens (primary N) is 1. The van der Waals surface area contributed by atoms with Crippen LogP contribution in [0.4, 0.5) is 24.5 Å². The minimum absolute atomic E-state index is 0.0525. The fraction of sp³-hybridized carbons (Fsp3) is 0.500. The third kappa shape index (κ3) is 3.00. The number of hydrogen-bond acceptors (Lipinski definition) is 4. The van der Waals surface area contributed by atoms with Crippen molar-refractivity contribution < 1.29 is 21.6 Å². The standard InChI is InChI=1S/C12H15F3N2O2S/c1-8-7-20(18,19)5-4-17(8)9-2-3-11(16)10(6-9)12(13,14)15/h2-3,6,8H,4-5,7,16H2,1H3. The van der Waals surface area contributed by atoms with Crippen molar-refractivity contribution in [3.8, 4) is 0 Å². The maximum atomic E-state index is 12.8. The van der Waals surface area contributed by atoms with Gasteiger partial charge in [0.15, 0.2) is 9.84 Å². The van der Waals surface area contributed by atoms with Crippen LogP contribution in [0.25, 0.3) is 0 Å². The molecule has 1 unspecified atom stereocenters. The second kappa shape index (κ2) is 4.83. The highest BCUT2D eigenvalue weighted by molar-refractivity contribution is 7.91. The number of alkyl halides is 3. The second-order valence-corrected chi connectivity index (χ2v) is 7.15. The molecule has 4 nitrogen and oxygen atoms in total. The van der Waals surface area contributed by atoms with E-state index in [0.29, 0.717) is 5.69 Å². The molecule has 1 saturated heterocycles. The van der Waals surface area contributed by atoms with Crippen LogP contribution < -0.4 is 10.6 Å². The lowest BCUT2D eigenvalue weighted by Crippen LogP contribution is -2.47. The van der Waals surface area contributed by atoms with E-state index in [1.165, 1.54) is 12.1 Å². The first kappa shape index (κ1) is 15.0. The monoisotopic (exact) mass is 308 g/mol. The first-order chi connectivity index (χ1) is 9.10. The van der Waals surface area contributed by atoms with Gasteiger partial charge in [-0.05, 0) is 25.1 Å². The predicted molar refractivity (Wildman–Crippen MR) is 71.3 cm³/mol. The Kier molecular flexibility index (Phi) is 3.62. The van der Waals surface area contributed by atoms with E-state index in [4.69, 9.17) is 5.73 Å². The third-order valence-electron chi connectivity index (χ3n) is 3.34. The summed E-state index contributed by atoms with van der Waals surface area (Å²) in [5, 5.41) is 0. The molecular formula is C12H15F3N2O2S.